The lowest BCUT2D eigenvalue weighted by atomic mass is 10.1. The van der Waals surface area contributed by atoms with Crippen LogP contribution < -0.4 is 5.73 Å². The van der Waals surface area contributed by atoms with Crippen LogP contribution in [-0.2, 0) is 13.0 Å². The maximum atomic E-state index is 5.59. The van der Waals surface area contributed by atoms with E-state index in [9.17, 15) is 0 Å². The molecule has 21 heavy (non-hydrogen) atoms. The standard InChI is InChI=1S/C15H16N4O2/c1-3-12-13(9(2)20-18-12)15-17-14(19-21-15)11-6-4-10(8-16)5-7-11/h4-7H,3,8,16H2,1-2H3. The lowest BCUT2D eigenvalue weighted by Crippen LogP contribution is -1.95. The molecule has 0 fully saturated rings. The SMILES string of the molecule is CCc1noc(C)c1-c1nc(-c2ccc(CN)cc2)no1. The zero-order valence-electron chi connectivity index (χ0n) is 12.0. The van der Waals surface area contributed by atoms with E-state index in [1.165, 1.54) is 0 Å². The van der Waals surface area contributed by atoms with Gasteiger partial charge in [0.2, 0.25) is 5.82 Å². The molecule has 0 aliphatic rings. The zero-order chi connectivity index (χ0) is 14.8. The Kier molecular flexibility index (Phi) is 3.53. The van der Waals surface area contributed by atoms with Gasteiger partial charge in [0, 0.05) is 12.1 Å². The van der Waals surface area contributed by atoms with Gasteiger partial charge in [-0.15, -0.1) is 0 Å². The van der Waals surface area contributed by atoms with Crippen LogP contribution in [-0.4, -0.2) is 15.3 Å². The fourth-order valence-corrected chi connectivity index (χ4v) is 2.17. The van der Waals surface area contributed by atoms with Crippen molar-refractivity contribution in [3.05, 3.63) is 41.3 Å². The summed E-state index contributed by atoms with van der Waals surface area (Å²) < 4.78 is 10.6. The van der Waals surface area contributed by atoms with Crippen LogP contribution in [0.1, 0.15) is 23.9 Å². The molecule has 0 aliphatic carbocycles. The van der Waals surface area contributed by atoms with Crippen molar-refractivity contribution in [1.29, 1.82) is 0 Å². The number of aryl methyl sites for hydroxylation is 2. The molecular formula is C15H16N4O2. The summed E-state index contributed by atoms with van der Waals surface area (Å²) in [4.78, 5) is 4.44. The molecule has 0 atom stereocenters. The van der Waals surface area contributed by atoms with Gasteiger partial charge in [-0.2, -0.15) is 4.98 Å². The van der Waals surface area contributed by atoms with Gasteiger partial charge in [0.05, 0.1) is 5.69 Å². The smallest absolute Gasteiger partial charge is 0.263 e. The van der Waals surface area contributed by atoms with Crippen molar-refractivity contribution in [2.45, 2.75) is 26.8 Å². The van der Waals surface area contributed by atoms with Crippen LogP contribution in [0.3, 0.4) is 0 Å². The third-order valence-electron chi connectivity index (χ3n) is 3.36. The van der Waals surface area contributed by atoms with Crippen molar-refractivity contribution in [1.82, 2.24) is 15.3 Å². The highest BCUT2D eigenvalue weighted by Crippen LogP contribution is 2.28. The first-order valence-electron chi connectivity index (χ1n) is 6.81. The molecular weight excluding hydrogens is 268 g/mol. The molecule has 6 nitrogen and oxygen atoms in total. The highest BCUT2D eigenvalue weighted by Gasteiger charge is 2.20. The summed E-state index contributed by atoms with van der Waals surface area (Å²) in [6.07, 6.45) is 0.746. The first-order valence-corrected chi connectivity index (χ1v) is 6.81. The minimum atomic E-state index is 0.434. The normalized spacial score (nSPS) is 11.0. The Morgan fingerprint density at radius 2 is 1.86 bits per heavy atom. The average molecular weight is 284 g/mol. The second-order valence-electron chi connectivity index (χ2n) is 4.74. The summed E-state index contributed by atoms with van der Waals surface area (Å²) in [5.41, 5.74) is 9.14. The minimum Gasteiger partial charge on any atom is -0.361 e. The maximum Gasteiger partial charge on any atom is 0.263 e. The van der Waals surface area contributed by atoms with Gasteiger partial charge in [0.15, 0.2) is 0 Å². The second kappa shape index (κ2) is 5.49. The highest BCUT2D eigenvalue weighted by atomic mass is 16.5. The number of nitrogens with two attached hydrogens (primary N) is 1. The van der Waals surface area contributed by atoms with Crippen molar-refractivity contribution in [2.75, 3.05) is 0 Å². The predicted octanol–water partition coefficient (Wildman–Crippen LogP) is 2.72. The highest BCUT2D eigenvalue weighted by molar-refractivity contribution is 5.62. The van der Waals surface area contributed by atoms with E-state index in [1.807, 2.05) is 38.1 Å². The van der Waals surface area contributed by atoms with Crippen LogP contribution in [0, 0.1) is 6.92 Å². The fourth-order valence-electron chi connectivity index (χ4n) is 2.17. The monoisotopic (exact) mass is 284 g/mol. The fraction of sp³-hybridized carbons (Fsp3) is 0.267. The number of aromatic nitrogens is 3. The molecule has 0 saturated heterocycles. The second-order valence-corrected chi connectivity index (χ2v) is 4.74. The summed E-state index contributed by atoms with van der Waals surface area (Å²) in [5.74, 6) is 1.65. The predicted molar refractivity (Wildman–Crippen MR) is 77.2 cm³/mol. The van der Waals surface area contributed by atoms with Crippen LogP contribution in [0.5, 0.6) is 0 Å². The molecule has 3 aromatic rings. The van der Waals surface area contributed by atoms with Gasteiger partial charge in [-0.3, -0.25) is 0 Å². The van der Waals surface area contributed by atoms with Crippen molar-refractivity contribution in [3.8, 4) is 22.8 Å². The lowest BCUT2D eigenvalue weighted by Gasteiger charge is -1.97. The van der Waals surface area contributed by atoms with Crippen LogP contribution in [0.2, 0.25) is 0 Å². The Morgan fingerprint density at radius 3 is 2.52 bits per heavy atom. The molecule has 6 heteroatoms. The summed E-state index contributed by atoms with van der Waals surface area (Å²) in [5, 5.41) is 8.03. The van der Waals surface area contributed by atoms with E-state index in [1.54, 1.807) is 0 Å². The first kappa shape index (κ1) is 13.5. The van der Waals surface area contributed by atoms with Gasteiger partial charge in [-0.1, -0.05) is 41.5 Å². The van der Waals surface area contributed by atoms with E-state index in [4.69, 9.17) is 14.8 Å². The Labute approximate surface area is 121 Å². The lowest BCUT2D eigenvalue weighted by molar-refractivity contribution is 0.390. The molecule has 3 rings (SSSR count). The summed E-state index contributed by atoms with van der Waals surface area (Å²) in [7, 11) is 0. The van der Waals surface area contributed by atoms with E-state index >= 15 is 0 Å². The third kappa shape index (κ3) is 2.45. The molecule has 0 bridgehead atoms. The van der Waals surface area contributed by atoms with Crippen molar-refractivity contribution in [2.24, 2.45) is 5.73 Å². The van der Waals surface area contributed by atoms with Crippen LogP contribution >= 0.6 is 0 Å². The quantitative estimate of drug-likeness (QED) is 0.792. The van der Waals surface area contributed by atoms with E-state index in [-0.39, 0.29) is 0 Å². The Hall–Kier alpha value is -2.47. The van der Waals surface area contributed by atoms with E-state index in [0.717, 1.165) is 28.8 Å². The summed E-state index contributed by atoms with van der Waals surface area (Å²) in [6, 6.07) is 7.76. The number of hydrogen-bond donors (Lipinski definition) is 1. The zero-order valence-corrected chi connectivity index (χ0v) is 12.0. The molecule has 2 aromatic heterocycles. The van der Waals surface area contributed by atoms with E-state index < -0.39 is 0 Å². The van der Waals surface area contributed by atoms with Gasteiger partial charge in [-0.25, -0.2) is 0 Å². The summed E-state index contributed by atoms with van der Waals surface area (Å²) >= 11 is 0. The van der Waals surface area contributed by atoms with Gasteiger partial charge in [-0.05, 0) is 18.9 Å². The number of rotatable bonds is 4. The number of benzene rings is 1. The van der Waals surface area contributed by atoms with Gasteiger partial charge in [0.1, 0.15) is 11.3 Å². The molecule has 2 N–H and O–H groups in total. The Bertz CT molecular complexity index is 743. The van der Waals surface area contributed by atoms with Crippen LogP contribution in [0.4, 0.5) is 0 Å². The van der Waals surface area contributed by atoms with Gasteiger partial charge >= 0.3 is 0 Å². The molecule has 108 valence electrons. The molecule has 0 radical (unpaired) electrons. The van der Waals surface area contributed by atoms with Gasteiger partial charge < -0.3 is 14.8 Å². The Balaban J connectivity index is 1.97. The van der Waals surface area contributed by atoms with Crippen molar-refractivity contribution >= 4 is 0 Å². The van der Waals surface area contributed by atoms with E-state index in [0.29, 0.717) is 24.0 Å². The molecule has 0 aliphatic heterocycles. The minimum absolute atomic E-state index is 0.434. The van der Waals surface area contributed by atoms with Crippen LogP contribution in [0.15, 0.2) is 33.3 Å². The Morgan fingerprint density at radius 1 is 1.10 bits per heavy atom. The molecule has 0 amide bonds. The first-order chi connectivity index (χ1) is 10.2. The van der Waals surface area contributed by atoms with Crippen molar-refractivity contribution < 1.29 is 9.05 Å². The molecule has 2 heterocycles. The maximum absolute atomic E-state index is 5.59. The largest absolute Gasteiger partial charge is 0.361 e. The molecule has 0 unspecified atom stereocenters. The average Bonchev–Trinajstić information content (AvgIpc) is 3.13. The number of nitrogens with zero attached hydrogens (tertiary/aromatic N) is 3. The topological polar surface area (TPSA) is 91.0 Å². The summed E-state index contributed by atoms with van der Waals surface area (Å²) in [6.45, 7) is 4.35. The van der Waals surface area contributed by atoms with E-state index in [2.05, 4.69) is 15.3 Å². The van der Waals surface area contributed by atoms with Crippen molar-refractivity contribution in [3.63, 3.8) is 0 Å². The molecule has 1 aromatic carbocycles. The molecule has 0 spiro atoms. The van der Waals surface area contributed by atoms with Crippen LogP contribution in [0.25, 0.3) is 22.8 Å². The van der Waals surface area contributed by atoms with Gasteiger partial charge in [0.25, 0.3) is 5.89 Å². The number of hydrogen-bond acceptors (Lipinski definition) is 6. The third-order valence-corrected chi connectivity index (χ3v) is 3.36. The molecule has 0 saturated carbocycles.